The number of phenols is 1. The summed E-state index contributed by atoms with van der Waals surface area (Å²) in [5.74, 6) is -0.907. The van der Waals surface area contributed by atoms with E-state index in [4.69, 9.17) is 13.9 Å². The second kappa shape index (κ2) is 7.21. The number of esters is 1. The van der Waals surface area contributed by atoms with Crippen molar-refractivity contribution in [3.63, 3.8) is 0 Å². The molecular formula is C19H22O8. The van der Waals surface area contributed by atoms with Crippen LogP contribution >= 0.6 is 0 Å². The van der Waals surface area contributed by atoms with Crippen molar-refractivity contribution in [1.82, 2.24) is 0 Å². The number of aliphatic hydroxyl groups excluding tert-OH is 1. The van der Waals surface area contributed by atoms with Gasteiger partial charge in [-0.1, -0.05) is 6.92 Å². The van der Waals surface area contributed by atoms with Crippen molar-refractivity contribution >= 4 is 16.9 Å². The molecule has 1 aliphatic heterocycles. The van der Waals surface area contributed by atoms with Gasteiger partial charge in [0.2, 0.25) is 5.75 Å². The zero-order chi connectivity index (χ0) is 19.8. The number of hydrogen-bond donors (Lipinski definition) is 3. The third kappa shape index (κ3) is 4.06. The highest BCUT2D eigenvalue weighted by Gasteiger charge is 2.39. The number of rotatable bonds is 6. The van der Waals surface area contributed by atoms with Gasteiger partial charge in [0.05, 0.1) is 11.5 Å². The molecule has 0 radical (unpaired) electrons. The van der Waals surface area contributed by atoms with E-state index < -0.39 is 23.4 Å². The number of phenolic OH excluding ortho intramolecular Hbond substituents is 1. The molecule has 1 aromatic carbocycles. The molecule has 3 rings (SSSR count). The van der Waals surface area contributed by atoms with Crippen molar-refractivity contribution in [3.05, 3.63) is 34.7 Å². The highest BCUT2D eigenvalue weighted by atomic mass is 16.6. The molecule has 8 nitrogen and oxygen atoms in total. The molecule has 1 aromatic heterocycles. The number of cyclic esters (lactones) is 1. The lowest BCUT2D eigenvalue weighted by molar-refractivity contribution is -0.148. The Labute approximate surface area is 154 Å². The van der Waals surface area contributed by atoms with E-state index in [-0.39, 0.29) is 42.0 Å². The molecule has 0 saturated carbocycles. The van der Waals surface area contributed by atoms with Gasteiger partial charge in [-0.3, -0.25) is 4.79 Å². The maximum absolute atomic E-state index is 11.5. The summed E-state index contributed by atoms with van der Waals surface area (Å²) in [6, 6.07) is 5.81. The van der Waals surface area contributed by atoms with Crippen LogP contribution in [0.4, 0.5) is 0 Å². The van der Waals surface area contributed by atoms with Crippen molar-refractivity contribution in [2.45, 2.75) is 44.5 Å². The molecule has 4 atom stereocenters. The van der Waals surface area contributed by atoms with Gasteiger partial charge in [0.1, 0.15) is 18.8 Å². The summed E-state index contributed by atoms with van der Waals surface area (Å²) >= 11 is 0. The van der Waals surface area contributed by atoms with Crippen molar-refractivity contribution in [2.75, 3.05) is 6.61 Å². The normalized spacial score (nSPS) is 23.0. The standard InChI is InChI=1S/C19H22O8/c1-10-7-12(26-18(10)23)8-19(2,24)14(20)9-25-13-5-3-11-4-6-15(21)27-17(11)16(13)22/h3-6,10,12,14,20,22,24H,7-9H2,1-2H3. The molecule has 2 aromatic rings. The predicted octanol–water partition coefficient (Wildman–Crippen LogP) is 1.33. The second-order valence-corrected chi connectivity index (χ2v) is 7.17. The smallest absolute Gasteiger partial charge is 0.336 e. The fraction of sp³-hybridized carbons (Fsp3) is 0.474. The third-order valence-corrected chi connectivity index (χ3v) is 4.78. The number of hydrogen-bond acceptors (Lipinski definition) is 8. The van der Waals surface area contributed by atoms with Crippen LogP contribution in [0.15, 0.2) is 33.5 Å². The zero-order valence-electron chi connectivity index (χ0n) is 15.0. The van der Waals surface area contributed by atoms with E-state index in [2.05, 4.69) is 0 Å². The molecule has 0 bridgehead atoms. The molecule has 0 spiro atoms. The first kappa shape index (κ1) is 19.2. The van der Waals surface area contributed by atoms with Crippen molar-refractivity contribution in [2.24, 2.45) is 5.92 Å². The monoisotopic (exact) mass is 378 g/mol. The first-order valence-corrected chi connectivity index (χ1v) is 8.67. The summed E-state index contributed by atoms with van der Waals surface area (Å²) in [5, 5.41) is 31.6. The molecule has 146 valence electrons. The Hall–Kier alpha value is -2.58. The minimum atomic E-state index is -1.56. The third-order valence-electron chi connectivity index (χ3n) is 4.78. The van der Waals surface area contributed by atoms with E-state index in [1.165, 1.54) is 25.1 Å². The van der Waals surface area contributed by atoms with Crippen LogP contribution in [0.5, 0.6) is 11.5 Å². The quantitative estimate of drug-likeness (QED) is 0.508. The Kier molecular flexibility index (Phi) is 5.12. The molecule has 1 aliphatic rings. The number of aromatic hydroxyl groups is 1. The van der Waals surface area contributed by atoms with Crippen molar-refractivity contribution in [3.8, 4) is 11.5 Å². The molecular weight excluding hydrogens is 356 g/mol. The van der Waals surface area contributed by atoms with Gasteiger partial charge >= 0.3 is 11.6 Å². The maximum atomic E-state index is 11.5. The molecule has 0 amide bonds. The van der Waals surface area contributed by atoms with E-state index in [1.807, 2.05) is 0 Å². The van der Waals surface area contributed by atoms with Crippen molar-refractivity contribution in [1.29, 1.82) is 0 Å². The highest BCUT2D eigenvalue weighted by Crippen LogP contribution is 2.34. The largest absolute Gasteiger partial charge is 0.502 e. The number of ether oxygens (including phenoxy) is 2. The average Bonchev–Trinajstić information content (AvgIpc) is 2.91. The van der Waals surface area contributed by atoms with Crippen LogP contribution in [0, 0.1) is 5.92 Å². The molecule has 4 unspecified atom stereocenters. The number of fused-ring (bicyclic) bond motifs is 1. The minimum Gasteiger partial charge on any atom is -0.502 e. The lowest BCUT2D eigenvalue weighted by Crippen LogP contribution is -2.45. The number of carbonyl (C=O) groups is 1. The van der Waals surface area contributed by atoms with Gasteiger partial charge < -0.3 is 29.2 Å². The lowest BCUT2D eigenvalue weighted by Gasteiger charge is -2.30. The van der Waals surface area contributed by atoms with Crippen LogP contribution in [0.2, 0.25) is 0 Å². The lowest BCUT2D eigenvalue weighted by atomic mass is 9.90. The topological polar surface area (TPSA) is 126 Å². The van der Waals surface area contributed by atoms with Crippen LogP contribution in [0.25, 0.3) is 11.0 Å². The Morgan fingerprint density at radius 3 is 2.67 bits per heavy atom. The van der Waals surface area contributed by atoms with Gasteiger partial charge in [-0.15, -0.1) is 0 Å². The summed E-state index contributed by atoms with van der Waals surface area (Å²) in [6.07, 6.45) is -1.23. The van der Waals surface area contributed by atoms with E-state index >= 15 is 0 Å². The molecule has 2 heterocycles. The predicted molar refractivity (Wildman–Crippen MR) is 94.6 cm³/mol. The fourth-order valence-corrected chi connectivity index (χ4v) is 3.11. The highest BCUT2D eigenvalue weighted by molar-refractivity contribution is 5.84. The van der Waals surface area contributed by atoms with Crippen LogP contribution in [-0.2, 0) is 9.53 Å². The summed E-state index contributed by atoms with van der Waals surface area (Å²) in [5.41, 5.74) is -2.19. The van der Waals surface area contributed by atoms with Gasteiger partial charge in [-0.2, -0.15) is 0 Å². The Morgan fingerprint density at radius 2 is 2.00 bits per heavy atom. The van der Waals surface area contributed by atoms with Crippen LogP contribution in [0.1, 0.15) is 26.7 Å². The number of benzene rings is 1. The Bertz CT molecular complexity index is 900. The first-order valence-electron chi connectivity index (χ1n) is 8.67. The molecule has 0 aliphatic carbocycles. The minimum absolute atomic E-state index is 0.00705. The van der Waals surface area contributed by atoms with Crippen LogP contribution in [0.3, 0.4) is 0 Å². The summed E-state index contributed by atoms with van der Waals surface area (Å²) in [4.78, 5) is 22.8. The van der Waals surface area contributed by atoms with Gasteiger partial charge in [0, 0.05) is 17.9 Å². The van der Waals surface area contributed by atoms with E-state index in [1.54, 1.807) is 13.0 Å². The molecule has 1 fully saturated rings. The zero-order valence-corrected chi connectivity index (χ0v) is 15.0. The SMILES string of the molecule is CC1CC(CC(C)(O)C(O)COc2ccc3ccc(=O)oc3c2O)OC1=O. The van der Waals surface area contributed by atoms with Gasteiger partial charge in [-0.05, 0) is 31.5 Å². The first-order chi connectivity index (χ1) is 12.7. The van der Waals surface area contributed by atoms with Gasteiger partial charge in [0.15, 0.2) is 11.3 Å². The second-order valence-electron chi connectivity index (χ2n) is 7.17. The fourth-order valence-electron chi connectivity index (χ4n) is 3.11. The Balaban J connectivity index is 1.67. The van der Waals surface area contributed by atoms with E-state index in [0.29, 0.717) is 11.8 Å². The van der Waals surface area contributed by atoms with Gasteiger partial charge in [0.25, 0.3) is 0 Å². The van der Waals surface area contributed by atoms with Crippen molar-refractivity contribution < 1.29 is 34.0 Å². The summed E-state index contributed by atoms with van der Waals surface area (Å²) < 4.78 is 15.5. The van der Waals surface area contributed by atoms with Crippen LogP contribution in [-0.4, -0.2) is 45.7 Å². The Morgan fingerprint density at radius 1 is 1.30 bits per heavy atom. The molecule has 1 saturated heterocycles. The average molecular weight is 378 g/mol. The molecule has 8 heteroatoms. The molecule has 3 N–H and O–H groups in total. The maximum Gasteiger partial charge on any atom is 0.336 e. The number of carbonyl (C=O) groups excluding carboxylic acids is 1. The van der Waals surface area contributed by atoms with Gasteiger partial charge in [-0.25, -0.2) is 4.79 Å². The van der Waals surface area contributed by atoms with Crippen LogP contribution < -0.4 is 10.4 Å². The summed E-state index contributed by atoms with van der Waals surface area (Å²) in [7, 11) is 0. The van der Waals surface area contributed by atoms with E-state index in [9.17, 15) is 24.9 Å². The summed E-state index contributed by atoms with van der Waals surface area (Å²) in [6.45, 7) is 2.86. The number of aliphatic hydroxyl groups is 2. The van der Waals surface area contributed by atoms with E-state index in [0.717, 1.165) is 0 Å². The molecule has 27 heavy (non-hydrogen) atoms.